The van der Waals surface area contributed by atoms with Crippen LogP contribution in [-0.2, 0) is 0 Å². The van der Waals surface area contributed by atoms with Gasteiger partial charge in [0.25, 0.3) is 0 Å². The molecule has 18 heavy (non-hydrogen) atoms. The predicted molar refractivity (Wildman–Crippen MR) is 72.5 cm³/mol. The number of hydrogen-bond acceptors (Lipinski definition) is 0. The summed E-state index contributed by atoms with van der Waals surface area (Å²) in [6, 6.07) is 24.3. The second kappa shape index (κ2) is 5.11. The minimum absolute atomic E-state index is 0.0863. The van der Waals surface area contributed by atoms with Crippen LogP contribution < -0.4 is 21.2 Å². The second-order valence-corrected chi connectivity index (χ2v) is 7.30. The van der Waals surface area contributed by atoms with Crippen molar-refractivity contribution in [2.75, 3.05) is 0 Å². The number of benzene rings is 3. The van der Waals surface area contributed by atoms with Crippen molar-refractivity contribution in [2.24, 2.45) is 0 Å². The van der Waals surface area contributed by atoms with Gasteiger partial charge in [-0.2, -0.15) is 0 Å². The number of hydrogen-bond donors (Lipinski definition) is 0. The van der Waals surface area contributed by atoms with Gasteiger partial charge in [-0.25, -0.2) is 0 Å². The molecule has 0 heterocycles. The van der Waals surface area contributed by atoms with E-state index in [-0.39, 0.29) is 21.2 Å². The molecule has 3 aromatic carbocycles. The molecule has 88 valence electrons. The summed E-state index contributed by atoms with van der Waals surface area (Å²) >= 11 is -0.0863. The highest BCUT2D eigenvalue weighted by molar-refractivity contribution is 5.81. The van der Waals surface area contributed by atoms with Crippen molar-refractivity contribution in [3.05, 3.63) is 79.4 Å². The van der Waals surface area contributed by atoms with Crippen molar-refractivity contribution in [2.45, 2.75) is 6.92 Å². The molecule has 0 saturated carbocycles. The van der Waals surface area contributed by atoms with Gasteiger partial charge < -0.3 is 0 Å². The van der Waals surface area contributed by atoms with Crippen LogP contribution in [0.15, 0.2) is 66.7 Å². The summed E-state index contributed by atoms with van der Waals surface area (Å²) < 4.78 is 2.99. The summed E-state index contributed by atoms with van der Waals surface area (Å²) in [6.07, 6.45) is 0. The Balaban J connectivity index is 2.02. The molecule has 0 aromatic heterocycles. The number of aryl methyl sites for hydroxylation is 1. The summed E-state index contributed by atoms with van der Waals surface area (Å²) in [6.45, 7) is 2.14. The first kappa shape index (κ1) is 11.7. The lowest BCUT2D eigenvalue weighted by molar-refractivity contribution is -0.595. The highest BCUT2D eigenvalue weighted by atomic mass is 127. The highest BCUT2D eigenvalue weighted by Gasteiger charge is 2.17. The Labute approximate surface area is 118 Å². The van der Waals surface area contributed by atoms with Crippen molar-refractivity contribution < 1.29 is 21.2 Å². The van der Waals surface area contributed by atoms with Gasteiger partial charge in [0, 0.05) is 5.39 Å². The molecule has 0 aliphatic heterocycles. The molecular weight excluding hydrogens is 331 g/mol. The first-order valence-corrected chi connectivity index (χ1v) is 8.18. The number of rotatable bonds is 2. The molecule has 0 fully saturated rings. The van der Waals surface area contributed by atoms with E-state index in [2.05, 4.69) is 73.7 Å². The molecule has 3 rings (SSSR count). The summed E-state index contributed by atoms with van der Waals surface area (Å²) in [4.78, 5) is 0. The van der Waals surface area contributed by atoms with E-state index in [1.54, 1.807) is 0 Å². The van der Waals surface area contributed by atoms with E-state index in [0.29, 0.717) is 0 Å². The van der Waals surface area contributed by atoms with E-state index >= 15 is 0 Å². The van der Waals surface area contributed by atoms with Crippen molar-refractivity contribution in [3.8, 4) is 0 Å². The largest absolute Gasteiger partial charge is 0.358 e. The summed E-state index contributed by atoms with van der Waals surface area (Å²) in [7, 11) is 0. The highest BCUT2D eigenvalue weighted by Crippen LogP contribution is 2.12. The lowest BCUT2D eigenvalue weighted by atomic mass is 10.1. The molecule has 0 amide bonds. The third kappa shape index (κ3) is 2.41. The molecule has 1 heteroatoms. The molecule has 0 N–H and O–H groups in total. The van der Waals surface area contributed by atoms with Crippen LogP contribution in [0.1, 0.15) is 5.56 Å². The average Bonchev–Trinajstić information content (AvgIpc) is 2.42. The van der Waals surface area contributed by atoms with Gasteiger partial charge in [-0.05, 0) is 36.6 Å². The fraction of sp³-hybridized carbons (Fsp3) is 0.0588. The van der Waals surface area contributed by atoms with Gasteiger partial charge in [-0.1, -0.05) is 48.0 Å². The van der Waals surface area contributed by atoms with Crippen LogP contribution in [-0.4, -0.2) is 0 Å². The standard InChI is InChI=1S/C17H14I/c1-13-9-11-15(12-10-13)18-17-8-4-6-14-5-2-3-7-16(14)17/h2-12H,1H3/q+1. The minimum atomic E-state index is -0.0863. The Kier molecular flexibility index (Phi) is 3.33. The summed E-state index contributed by atoms with van der Waals surface area (Å²) in [5.74, 6) is 0. The van der Waals surface area contributed by atoms with Crippen molar-refractivity contribution in [3.63, 3.8) is 0 Å². The summed E-state index contributed by atoms with van der Waals surface area (Å²) in [5.41, 5.74) is 1.33. The lowest BCUT2D eigenvalue weighted by Gasteiger charge is -1.96. The zero-order chi connectivity index (χ0) is 12.4. The fourth-order valence-electron chi connectivity index (χ4n) is 1.98. The molecule has 0 radical (unpaired) electrons. The molecule has 0 nitrogen and oxygen atoms in total. The van der Waals surface area contributed by atoms with Crippen LogP contribution in [0, 0.1) is 14.1 Å². The van der Waals surface area contributed by atoms with E-state index in [9.17, 15) is 0 Å². The molecule has 0 aliphatic carbocycles. The number of halogens is 1. The zero-order valence-electron chi connectivity index (χ0n) is 10.2. The van der Waals surface area contributed by atoms with Crippen LogP contribution in [0.25, 0.3) is 10.8 Å². The van der Waals surface area contributed by atoms with E-state index in [1.807, 2.05) is 0 Å². The maximum atomic E-state index is 2.27. The van der Waals surface area contributed by atoms with Crippen LogP contribution in [0.3, 0.4) is 0 Å². The normalized spacial score (nSPS) is 10.7. The zero-order valence-corrected chi connectivity index (χ0v) is 12.4. The molecule has 0 spiro atoms. The smallest absolute Gasteiger partial charge is 0.0616 e. The fourth-order valence-corrected chi connectivity index (χ4v) is 4.54. The van der Waals surface area contributed by atoms with Gasteiger partial charge in [-0.15, -0.1) is 0 Å². The van der Waals surface area contributed by atoms with Gasteiger partial charge >= 0.3 is 21.2 Å². The topological polar surface area (TPSA) is 0 Å². The number of fused-ring (bicyclic) bond motifs is 1. The Morgan fingerprint density at radius 3 is 2.28 bits per heavy atom. The Hall–Kier alpha value is -1.35. The lowest BCUT2D eigenvalue weighted by Crippen LogP contribution is -3.61. The molecular formula is C17H14I+. The third-order valence-corrected chi connectivity index (χ3v) is 5.82. The van der Waals surface area contributed by atoms with E-state index in [4.69, 9.17) is 0 Å². The Morgan fingerprint density at radius 1 is 0.722 bits per heavy atom. The minimum Gasteiger partial charge on any atom is -0.0616 e. The molecule has 0 unspecified atom stereocenters. The van der Waals surface area contributed by atoms with Crippen LogP contribution >= 0.6 is 0 Å². The monoisotopic (exact) mass is 345 g/mol. The first-order valence-electron chi connectivity index (χ1n) is 6.02. The molecule has 0 bridgehead atoms. The molecule has 0 saturated heterocycles. The van der Waals surface area contributed by atoms with Crippen molar-refractivity contribution in [1.29, 1.82) is 0 Å². The first-order chi connectivity index (χ1) is 8.83. The van der Waals surface area contributed by atoms with Crippen LogP contribution in [0.2, 0.25) is 0 Å². The van der Waals surface area contributed by atoms with Crippen LogP contribution in [0.4, 0.5) is 0 Å². The van der Waals surface area contributed by atoms with Gasteiger partial charge in [0.15, 0.2) is 3.57 Å². The SMILES string of the molecule is Cc1ccc([I+]c2cccc3ccccc23)cc1. The third-order valence-electron chi connectivity index (χ3n) is 2.96. The summed E-state index contributed by atoms with van der Waals surface area (Å²) in [5, 5.41) is 2.76. The quantitative estimate of drug-likeness (QED) is 0.614. The van der Waals surface area contributed by atoms with Crippen molar-refractivity contribution >= 4 is 10.8 Å². The van der Waals surface area contributed by atoms with E-state index < -0.39 is 0 Å². The Morgan fingerprint density at radius 2 is 1.44 bits per heavy atom. The molecule has 0 aliphatic rings. The maximum absolute atomic E-state index is 2.27. The average molecular weight is 345 g/mol. The maximum Gasteiger partial charge on any atom is 0.358 e. The van der Waals surface area contributed by atoms with Gasteiger partial charge in [0.2, 0.25) is 3.57 Å². The van der Waals surface area contributed by atoms with E-state index in [0.717, 1.165) is 0 Å². The molecule has 0 atom stereocenters. The second-order valence-electron chi connectivity index (χ2n) is 4.35. The van der Waals surface area contributed by atoms with Crippen molar-refractivity contribution in [1.82, 2.24) is 0 Å². The van der Waals surface area contributed by atoms with E-state index in [1.165, 1.54) is 23.5 Å². The molecule has 3 aromatic rings. The van der Waals surface area contributed by atoms with Crippen LogP contribution in [0.5, 0.6) is 0 Å². The van der Waals surface area contributed by atoms with Gasteiger partial charge in [0.05, 0.1) is 0 Å². The Bertz CT molecular complexity index is 663. The predicted octanol–water partition coefficient (Wildman–Crippen LogP) is 1.28. The van der Waals surface area contributed by atoms with Gasteiger partial charge in [-0.3, -0.25) is 0 Å². The van der Waals surface area contributed by atoms with Gasteiger partial charge in [0.1, 0.15) is 0 Å².